The maximum Gasteiger partial charge on any atom is 0.573 e. The van der Waals surface area contributed by atoms with Crippen LogP contribution in [0, 0.1) is 0 Å². The van der Waals surface area contributed by atoms with Crippen molar-refractivity contribution in [2.45, 2.75) is 12.9 Å². The van der Waals surface area contributed by atoms with Crippen LogP contribution in [0.3, 0.4) is 0 Å². The quantitative estimate of drug-likeness (QED) is 0.561. The van der Waals surface area contributed by atoms with E-state index in [2.05, 4.69) is 15.0 Å². The summed E-state index contributed by atoms with van der Waals surface area (Å²) in [4.78, 5) is 43.5. The number of hydrogen-bond acceptors (Lipinski definition) is 6. The molecule has 0 spiro atoms. The first-order valence-electron chi connectivity index (χ1n) is 9.47. The van der Waals surface area contributed by atoms with E-state index >= 15 is 0 Å². The average Bonchev–Trinajstić information content (AvgIpc) is 3.37. The Morgan fingerprint density at radius 2 is 1.91 bits per heavy atom. The molecule has 0 unspecified atom stereocenters. The number of hydrogen-bond donors (Lipinski definition) is 1. The zero-order valence-corrected chi connectivity index (χ0v) is 16.7. The molecule has 0 saturated carbocycles. The van der Waals surface area contributed by atoms with E-state index in [1.54, 1.807) is 18.2 Å². The molecule has 1 saturated heterocycles. The fourth-order valence-electron chi connectivity index (χ4n) is 3.17. The van der Waals surface area contributed by atoms with Gasteiger partial charge in [-0.25, -0.2) is 14.7 Å². The van der Waals surface area contributed by atoms with Gasteiger partial charge in [0.05, 0.1) is 12.0 Å². The lowest BCUT2D eigenvalue weighted by Gasteiger charge is -2.18. The van der Waals surface area contributed by atoms with Gasteiger partial charge in [-0.15, -0.1) is 13.2 Å². The Balaban J connectivity index is 1.43. The van der Waals surface area contributed by atoms with Crippen molar-refractivity contribution < 1.29 is 36.7 Å². The van der Waals surface area contributed by atoms with Gasteiger partial charge in [-0.05, 0) is 54.1 Å². The van der Waals surface area contributed by atoms with Crippen LogP contribution in [-0.2, 0) is 11.3 Å². The molecule has 3 heterocycles. The SMILES string of the molecule is O=C(Nc1cc(CN2CC(=O)N(c3ccc(OC(F)(F)F)cc3)C2=O)ccn1)c1ccco1. The molecule has 1 N–H and O–H groups in total. The highest BCUT2D eigenvalue weighted by Crippen LogP contribution is 2.28. The molecule has 9 nitrogen and oxygen atoms in total. The van der Waals surface area contributed by atoms with Crippen LogP contribution in [0.1, 0.15) is 16.1 Å². The van der Waals surface area contributed by atoms with Crippen molar-refractivity contribution in [3.8, 4) is 5.75 Å². The Bertz CT molecular complexity index is 1180. The number of nitrogens with zero attached hydrogens (tertiary/aromatic N) is 3. The Morgan fingerprint density at radius 1 is 1.15 bits per heavy atom. The van der Waals surface area contributed by atoms with E-state index in [4.69, 9.17) is 4.42 Å². The Hall–Kier alpha value is -4.35. The van der Waals surface area contributed by atoms with Crippen LogP contribution in [0.2, 0.25) is 0 Å². The lowest BCUT2D eigenvalue weighted by molar-refractivity contribution is -0.274. The molecule has 1 aliphatic rings. The van der Waals surface area contributed by atoms with Crippen molar-refractivity contribution in [2.75, 3.05) is 16.8 Å². The summed E-state index contributed by atoms with van der Waals surface area (Å²) in [6, 6.07) is 10.00. The molecular formula is C21H15F3N4O5. The second-order valence-corrected chi connectivity index (χ2v) is 6.89. The first-order chi connectivity index (χ1) is 15.7. The van der Waals surface area contributed by atoms with Crippen LogP contribution in [0.25, 0.3) is 0 Å². The second-order valence-electron chi connectivity index (χ2n) is 6.89. The van der Waals surface area contributed by atoms with Gasteiger partial charge in [0.25, 0.3) is 11.8 Å². The summed E-state index contributed by atoms with van der Waals surface area (Å²) in [6.45, 7) is -0.182. The number of alkyl halides is 3. The number of furan rings is 1. The third kappa shape index (κ3) is 5.11. The maximum absolute atomic E-state index is 12.8. The maximum atomic E-state index is 12.8. The van der Waals surface area contributed by atoms with E-state index in [-0.39, 0.29) is 30.4 Å². The number of halogens is 3. The first-order valence-corrected chi connectivity index (χ1v) is 9.47. The summed E-state index contributed by atoms with van der Waals surface area (Å²) >= 11 is 0. The van der Waals surface area contributed by atoms with Crippen LogP contribution < -0.4 is 15.0 Å². The van der Waals surface area contributed by atoms with Gasteiger partial charge < -0.3 is 19.4 Å². The minimum absolute atomic E-state index is 0.0441. The molecule has 1 aromatic carbocycles. The Morgan fingerprint density at radius 3 is 2.58 bits per heavy atom. The molecule has 0 bridgehead atoms. The minimum Gasteiger partial charge on any atom is -0.459 e. The third-order valence-electron chi connectivity index (χ3n) is 4.55. The van der Waals surface area contributed by atoms with Gasteiger partial charge in [-0.2, -0.15) is 0 Å². The fourth-order valence-corrected chi connectivity index (χ4v) is 3.17. The number of amides is 4. The summed E-state index contributed by atoms with van der Waals surface area (Å²) in [7, 11) is 0. The molecule has 2 aromatic heterocycles. The number of carbonyl (C=O) groups is 3. The predicted molar refractivity (Wildman–Crippen MR) is 107 cm³/mol. The van der Waals surface area contributed by atoms with Gasteiger partial charge in [0, 0.05) is 12.7 Å². The summed E-state index contributed by atoms with van der Waals surface area (Å²) < 4.78 is 45.8. The lowest BCUT2D eigenvalue weighted by atomic mass is 10.2. The van der Waals surface area contributed by atoms with Crippen molar-refractivity contribution in [2.24, 2.45) is 0 Å². The third-order valence-corrected chi connectivity index (χ3v) is 4.55. The predicted octanol–water partition coefficient (Wildman–Crippen LogP) is 3.79. The number of ether oxygens (including phenoxy) is 1. The number of benzene rings is 1. The Labute approximate surface area is 184 Å². The number of anilines is 2. The van der Waals surface area contributed by atoms with E-state index in [1.165, 1.54) is 35.6 Å². The van der Waals surface area contributed by atoms with Gasteiger partial charge >= 0.3 is 12.4 Å². The van der Waals surface area contributed by atoms with E-state index < -0.39 is 30.0 Å². The number of nitrogens with one attached hydrogen (secondary N) is 1. The number of urea groups is 1. The fraction of sp³-hybridized carbons (Fsp3) is 0.143. The van der Waals surface area contributed by atoms with Gasteiger partial charge in [0.2, 0.25) is 0 Å². The summed E-state index contributed by atoms with van der Waals surface area (Å²) in [5, 5.41) is 2.57. The monoisotopic (exact) mass is 460 g/mol. The highest BCUT2D eigenvalue weighted by Gasteiger charge is 2.37. The molecule has 1 fully saturated rings. The van der Waals surface area contributed by atoms with Crippen LogP contribution in [0.15, 0.2) is 65.4 Å². The lowest BCUT2D eigenvalue weighted by Crippen LogP contribution is -2.32. The summed E-state index contributed by atoms with van der Waals surface area (Å²) in [6.07, 6.45) is -2.05. The smallest absolute Gasteiger partial charge is 0.459 e. The van der Waals surface area contributed by atoms with E-state index in [1.807, 2.05) is 0 Å². The second kappa shape index (κ2) is 8.65. The summed E-state index contributed by atoms with van der Waals surface area (Å²) in [5.41, 5.74) is 0.708. The first kappa shape index (κ1) is 21.9. The molecule has 33 heavy (non-hydrogen) atoms. The molecule has 3 aromatic rings. The van der Waals surface area contributed by atoms with E-state index in [9.17, 15) is 27.6 Å². The average molecular weight is 460 g/mol. The topological polar surface area (TPSA) is 105 Å². The highest BCUT2D eigenvalue weighted by atomic mass is 19.4. The van der Waals surface area contributed by atoms with E-state index in [0.717, 1.165) is 17.0 Å². The number of imide groups is 1. The molecule has 1 aliphatic heterocycles. The van der Waals surface area contributed by atoms with Crippen molar-refractivity contribution in [3.05, 3.63) is 72.3 Å². The van der Waals surface area contributed by atoms with Gasteiger partial charge in [0.1, 0.15) is 18.1 Å². The zero-order valence-electron chi connectivity index (χ0n) is 16.7. The Kier molecular flexibility index (Phi) is 5.73. The molecule has 4 amide bonds. The van der Waals surface area contributed by atoms with Gasteiger partial charge in [-0.3, -0.25) is 9.59 Å². The molecule has 0 aliphatic carbocycles. The van der Waals surface area contributed by atoms with Crippen LogP contribution in [0.4, 0.5) is 29.5 Å². The minimum atomic E-state index is -4.85. The molecule has 4 rings (SSSR count). The van der Waals surface area contributed by atoms with Crippen molar-refractivity contribution >= 4 is 29.4 Å². The van der Waals surface area contributed by atoms with Crippen molar-refractivity contribution in [3.63, 3.8) is 0 Å². The molecule has 0 radical (unpaired) electrons. The van der Waals surface area contributed by atoms with Gasteiger partial charge in [0.15, 0.2) is 5.76 Å². The van der Waals surface area contributed by atoms with Crippen LogP contribution in [-0.4, -0.2) is 40.6 Å². The van der Waals surface area contributed by atoms with E-state index in [0.29, 0.717) is 5.56 Å². The molecule has 170 valence electrons. The molecule has 0 atom stereocenters. The van der Waals surface area contributed by atoms with Crippen LogP contribution in [0.5, 0.6) is 5.75 Å². The normalized spacial score (nSPS) is 14.0. The van der Waals surface area contributed by atoms with Crippen molar-refractivity contribution in [1.82, 2.24) is 9.88 Å². The molecule has 12 heteroatoms. The van der Waals surface area contributed by atoms with Gasteiger partial charge in [-0.1, -0.05) is 0 Å². The molecular weight excluding hydrogens is 445 g/mol. The number of pyridine rings is 1. The largest absolute Gasteiger partial charge is 0.573 e. The zero-order chi connectivity index (χ0) is 23.6. The number of carbonyl (C=O) groups excluding carboxylic acids is 3. The van der Waals surface area contributed by atoms with Crippen molar-refractivity contribution in [1.29, 1.82) is 0 Å². The standard InChI is InChI=1S/C21H15F3N4O5/c22-21(23,24)33-15-5-3-14(4-6-15)28-18(29)12-27(20(28)31)11-13-7-8-25-17(10-13)26-19(30)16-2-1-9-32-16/h1-10H,11-12H2,(H,25,26,30). The van der Waals surface area contributed by atoms with Crippen LogP contribution >= 0.6 is 0 Å². The number of aromatic nitrogens is 1. The summed E-state index contributed by atoms with van der Waals surface area (Å²) in [5.74, 6) is -1.18. The number of rotatable bonds is 6. The highest BCUT2D eigenvalue weighted by molar-refractivity contribution is 6.19.